The van der Waals surface area contributed by atoms with E-state index in [0.717, 1.165) is 5.56 Å². The average molecular weight is 402 g/mol. The molecule has 0 saturated carbocycles. The standard InChI is InChI=1S/C18H16ClN5O2S/c1-10(17(26)21-14-8-4-11(5-9-14)15(20)25)27-18-22-16(23-24-18)12-2-6-13(19)7-3-12/h2-10H,1H3,(H2,20,25)(H,21,26)(H,22,23,24)/t10-/m1/s1. The third kappa shape index (κ3) is 4.87. The number of aromatic nitrogens is 3. The van der Waals surface area contributed by atoms with Gasteiger partial charge in [-0.2, -0.15) is 0 Å². The number of amides is 2. The molecular weight excluding hydrogens is 386 g/mol. The van der Waals surface area contributed by atoms with Gasteiger partial charge in [0, 0.05) is 21.8 Å². The first-order chi connectivity index (χ1) is 12.9. The predicted octanol–water partition coefficient (Wildman–Crippen LogP) is 3.34. The Morgan fingerprint density at radius 2 is 1.81 bits per heavy atom. The molecule has 0 saturated heterocycles. The molecule has 0 bridgehead atoms. The summed E-state index contributed by atoms with van der Waals surface area (Å²) in [4.78, 5) is 27.8. The molecule has 0 aliphatic rings. The lowest BCUT2D eigenvalue weighted by atomic mass is 10.2. The van der Waals surface area contributed by atoms with Gasteiger partial charge in [0.2, 0.25) is 17.0 Å². The zero-order valence-electron chi connectivity index (χ0n) is 14.3. The monoisotopic (exact) mass is 401 g/mol. The Balaban J connectivity index is 1.61. The number of hydrogen-bond acceptors (Lipinski definition) is 5. The normalized spacial score (nSPS) is 11.8. The number of thioether (sulfide) groups is 1. The number of nitrogens with one attached hydrogen (secondary N) is 2. The Kier molecular flexibility index (Phi) is 5.78. The van der Waals surface area contributed by atoms with Crippen molar-refractivity contribution in [1.82, 2.24) is 15.2 Å². The zero-order valence-corrected chi connectivity index (χ0v) is 15.8. The van der Waals surface area contributed by atoms with Crippen LogP contribution in [0.1, 0.15) is 17.3 Å². The molecule has 0 aliphatic heterocycles. The second-order valence-corrected chi connectivity index (χ2v) is 7.41. The summed E-state index contributed by atoms with van der Waals surface area (Å²) >= 11 is 7.11. The third-order valence-corrected chi connectivity index (χ3v) is 4.88. The van der Waals surface area contributed by atoms with E-state index < -0.39 is 11.2 Å². The Labute approximate surface area is 164 Å². The fraction of sp³-hybridized carbons (Fsp3) is 0.111. The third-order valence-electron chi connectivity index (χ3n) is 3.67. The van der Waals surface area contributed by atoms with E-state index in [9.17, 15) is 9.59 Å². The van der Waals surface area contributed by atoms with E-state index in [4.69, 9.17) is 17.3 Å². The number of carbonyl (C=O) groups is 2. The van der Waals surface area contributed by atoms with Crippen LogP contribution in [0.3, 0.4) is 0 Å². The van der Waals surface area contributed by atoms with Crippen LogP contribution in [0.4, 0.5) is 5.69 Å². The second kappa shape index (κ2) is 8.24. The van der Waals surface area contributed by atoms with Crippen molar-refractivity contribution in [3.05, 3.63) is 59.1 Å². The van der Waals surface area contributed by atoms with Gasteiger partial charge in [0.05, 0.1) is 5.25 Å². The quantitative estimate of drug-likeness (QED) is 0.548. The number of rotatable bonds is 6. The first-order valence-corrected chi connectivity index (χ1v) is 9.24. The van der Waals surface area contributed by atoms with Crippen LogP contribution < -0.4 is 11.1 Å². The van der Waals surface area contributed by atoms with Gasteiger partial charge < -0.3 is 11.1 Å². The van der Waals surface area contributed by atoms with Crippen LogP contribution in [0.25, 0.3) is 11.4 Å². The number of nitrogens with two attached hydrogens (primary N) is 1. The van der Waals surface area contributed by atoms with Crippen molar-refractivity contribution in [2.75, 3.05) is 5.32 Å². The van der Waals surface area contributed by atoms with Gasteiger partial charge in [-0.15, -0.1) is 5.10 Å². The van der Waals surface area contributed by atoms with E-state index in [1.807, 2.05) is 12.1 Å². The highest BCUT2D eigenvalue weighted by atomic mass is 35.5. The average Bonchev–Trinajstić information content (AvgIpc) is 3.11. The first-order valence-electron chi connectivity index (χ1n) is 7.98. The minimum Gasteiger partial charge on any atom is -0.366 e. The molecule has 0 unspecified atom stereocenters. The largest absolute Gasteiger partial charge is 0.366 e. The van der Waals surface area contributed by atoms with E-state index >= 15 is 0 Å². The highest BCUT2D eigenvalue weighted by Crippen LogP contribution is 2.24. The molecule has 7 nitrogen and oxygen atoms in total. The van der Waals surface area contributed by atoms with Crippen LogP contribution in [0.15, 0.2) is 53.7 Å². The molecule has 0 radical (unpaired) electrons. The van der Waals surface area contributed by atoms with Crippen molar-refractivity contribution in [2.45, 2.75) is 17.3 Å². The first kappa shape index (κ1) is 18.9. The van der Waals surface area contributed by atoms with Crippen LogP contribution in [0, 0.1) is 0 Å². The smallest absolute Gasteiger partial charge is 0.248 e. The van der Waals surface area contributed by atoms with Crippen molar-refractivity contribution in [2.24, 2.45) is 5.73 Å². The number of benzene rings is 2. The number of halogens is 1. The van der Waals surface area contributed by atoms with E-state index in [-0.39, 0.29) is 5.91 Å². The molecule has 0 fully saturated rings. The number of aromatic amines is 1. The maximum atomic E-state index is 12.3. The molecular formula is C18H16ClN5O2S. The summed E-state index contributed by atoms with van der Waals surface area (Å²) in [5, 5.41) is 10.5. The van der Waals surface area contributed by atoms with E-state index in [1.165, 1.54) is 11.8 Å². The van der Waals surface area contributed by atoms with Gasteiger partial charge >= 0.3 is 0 Å². The minimum atomic E-state index is -0.516. The van der Waals surface area contributed by atoms with Gasteiger partial charge in [-0.05, 0) is 55.5 Å². The number of anilines is 1. The predicted molar refractivity (Wildman–Crippen MR) is 106 cm³/mol. The molecule has 2 amide bonds. The molecule has 1 aromatic heterocycles. The molecule has 1 heterocycles. The SMILES string of the molecule is C[C@@H](Sc1n[nH]c(-c2ccc(Cl)cc2)n1)C(=O)Nc1ccc(C(N)=O)cc1. The Morgan fingerprint density at radius 3 is 2.44 bits per heavy atom. The molecule has 2 aromatic carbocycles. The summed E-state index contributed by atoms with van der Waals surface area (Å²) in [5.41, 5.74) is 7.01. The second-order valence-electron chi connectivity index (χ2n) is 5.66. The molecule has 0 spiro atoms. The number of nitrogens with zero attached hydrogens (tertiary/aromatic N) is 2. The number of carbonyl (C=O) groups excluding carboxylic acids is 2. The highest BCUT2D eigenvalue weighted by Gasteiger charge is 2.18. The number of primary amides is 1. The summed E-state index contributed by atoms with van der Waals surface area (Å²) in [6, 6.07) is 13.6. The van der Waals surface area contributed by atoms with Gasteiger partial charge in [-0.1, -0.05) is 23.4 Å². The Hall–Kier alpha value is -2.84. The summed E-state index contributed by atoms with van der Waals surface area (Å²) in [6.45, 7) is 1.76. The fourth-order valence-electron chi connectivity index (χ4n) is 2.21. The van der Waals surface area contributed by atoms with Crippen LogP contribution in [-0.4, -0.2) is 32.2 Å². The topological polar surface area (TPSA) is 114 Å². The molecule has 1 atom stereocenters. The van der Waals surface area contributed by atoms with Crippen molar-refractivity contribution in [3.63, 3.8) is 0 Å². The van der Waals surface area contributed by atoms with Crippen LogP contribution in [0.5, 0.6) is 0 Å². The lowest BCUT2D eigenvalue weighted by Gasteiger charge is -2.10. The van der Waals surface area contributed by atoms with Crippen LogP contribution in [-0.2, 0) is 4.79 Å². The molecule has 138 valence electrons. The van der Waals surface area contributed by atoms with Crippen LogP contribution in [0.2, 0.25) is 5.02 Å². The fourth-order valence-corrected chi connectivity index (χ4v) is 3.06. The number of hydrogen-bond donors (Lipinski definition) is 3. The van der Waals surface area contributed by atoms with E-state index in [0.29, 0.717) is 27.3 Å². The summed E-state index contributed by atoms with van der Waals surface area (Å²) < 4.78 is 0. The van der Waals surface area contributed by atoms with Gasteiger partial charge in [-0.3, -0.25) is 14.7 Å². The van der Waals surface area contributed by atoms with E-state index in [1.54, 1.807) is 43.3 Å². The summed E-state index contributed by atoms with van der Waals surface area (Å²) in [7, 11) is 0. The zero-order chi connectivity index (χ0) is 19.4. The van der Waals surface area contributed by atoms with Gasteiger partial charge in [0.1, 0.15) is 0 Å². The van der Waals surface area contributed by atoms with Crippen LogP contribution >= 0.6 is 23.4 Å². The summed E-state index contributed by atoms with van der Waals surface area (Å²) in [5.74, 6) is -0.119. The van der Waals surface area contributed by atoms with Gasteiger partial charge in [0.25, 0.3) is 0 Å². The summed E-state index contributed by atoms with van der Waals surface area (Å²) in [6.07, 6.45) is 0. The maximum absolute atomic E-state index is 12.3. The molecule has 9 heteroatoms. The van der Waals surface area contributed by atoms with Gasteiger partial charge in [-0.25, -0.2) is 4.98 Å². The maximum Gasteiger partial charge on any atom is 0.248 e. The number of H-pyrrole nitrogens is 1. The van der Waals surface area contributed by atoms with Crippen molar-refractivity contribution in [3.8, 4) is 11.4 Å². The Bertz CT molecular complexity index is 957. The molecule has 3 rings (SSSR count). The van der Waals surface area contributed by atoms with E-state index in [2.05, 4.69) is 20.5 Å². The highest BCUT2D eigenvalue weighted by molar-refractivity contribution is 8.00. The molecule has 3 aromatic rings. The molecule has 0 aliphatic carbocycles. The molecule has 27 heavy (non-hydrogen) atoms. The van der Waals surface area contributed by atoms with Crippen molar-refractivity contribution >= 4 is 40.9 Å². The molecule has 4 N–H and O–H groups in total. The lowest BCUT2D eigenvalue weighted by molar-refractivity contribution is -0.115. The van der Waals surface area contributed by atoms with Crippen molar-refractivity contribution in [1.29, 1.82) is 0 Å². The Morgan fingerprint density at radius 1 is 1.15 bits per heavy atom. The van der Waals surface area contributed by atoms with Crippen molar-refractivity contribution < 1.29 is 9.59 Å². The van der Waals surface area contributed by atoms with Gasteiger partial charge in [0.15, 0.2) is 5.82 Å². The minimum absolute atomic E-state index is 0.204. The lowest BCUT2D eigenvalue weighted by Crippen LogP contribution is -2.22.